The second kappa shape index (κ2) is 14.6. The van der Waals surface area contributed by atoms with E-state index in [1.54, 1.807) is 11.6 Å². The van der Waals surface area contributed by atoms with E-state index in [1.807, 2.05) is 24.3 Å². The Morgan fingerprint density at radius 1 is 1.08 bits per heavy atom. The van der Waals surface area contributed by atoms with E-state index < -0.39 is 26.8 Å². The Morgan fingerprint density at radius 2 is 1.71 bits per heavy atom. The fourth-order valence-corrected chi connectivity index (χ4v) is 6.71. The van der Waals surface area contributed by atoms with E-state index in [0.717, 1.165) is 24.3 Å². The van der Waals surface area contributed by atoms with Crippen LogP contribution in [0.25, 0.3) is 0 Å². The van der Waals surface area contributed by atoms with E-state index in [4.69, 9.17) is 9.47 Å². The van der Waals surface area contributed by atoms with E-state index in [9.17, 15) is 23.2 Å². The summed E-state index contributed by atoms with van der Waals surface area (Å²) in [6.07, 6.45) is 3.35. The van der Waals surface area contributed by atoms with Gasteiger partial charge in [0.25, 0.3) is 5.91 Å². The van der Waals surface area contributed by atoms with Crippen LogP contribution in [0.2, 0.25) is 0 Å². The number of sulfonamides is 1. The van der Waals surface area contributed by atoms with Crippen molar-refractivity contribution in [2.45, 2.75) is 43.8 Å². The number of nitrogens with zero attached hydrogens (tertiary/aromatic N) is 3. The minimum atomic E-state index is -4.13. The van der Waals surface area contributed by atoms with Crippen LogP contribution in [-0.2, 0) is 19.6 Å². The van der Waals surface area contributed by atoms with Crippen molar-refractivity contribution in [3.05, 3.63) is 36.9 Å². The molecule has 0 aliphatic carbocycles. The van der Waals surface area contributed by atoms with Gasteiger partial charge in [-0.05, 0) is 49.9 Å². The van der Waals surface area contributed by atoms with Crippen LogP contribution in [0, 0.1) is 0 Å². The van der Waals surface area contributed by atoms with Crippen molar-refractivity contribution in [1.29, 1.82) is 0 Å². The fourth-order valence-electron chi connectivity index (χ4n) is 4.60. The molecule has 0 unspecified atom stereocenters. The topological polar surface area (TPSA) is 129 Å². The predicted octanol–water partition coefficient (Wildman–Crippen LogP) is 2.79. The van der Waals surface area contributed by atoms with E-state index in [2.05, 4.69) is 18.4 Å². The summed E-state index contributed by atoms with van der Waals surface area (Å²) in [6.45, 7) is 7.87. The van der Waals surface area contributed by atoms with Gasteiger partial charge in [0.15, 0.2) is 4.75 Å². The number of ether oxygens (including phenoxy) is 2. The van der Waals surface area contributed by atoms with Crippen molar-refractivity contribution < 1.29 is 32.7 Å². The monoisotopic (exact) mass is 574 g/mol. The molecule has 2 fully saturated rings. The largest absolute Gasteiger partial charge is 0.494 e. The third-order valence-corrected chi connectivity index (χ3v) is 9.56. The molecular weight excluding hydrogens is 536 g/mol. The standard InChI is InChI=1S/C25H38N4O7S.ClH/c1-3-5-19-35-22-9-7-21(8-10-22)27-15-17-29(18-16-27)37(33,34)25(23(30)26-32)11-13-28(14-12-25)24(31)36-20-6-4-2;/h4,7-10,32H,2-3,5-6,11-20H2,1H3,(H,26,30);1H. The van der Waals surface area contributed by atoms with Crippen LogP contribution < -0.4 is 15.1 Å². The van der Waals surface area contributed by atoms with Gasteiger partial charge in [-0.2, -0.15) is 4.31 Å². The van der Waals surface area contributed by atoms with Gasteiger partial charge in [-0.15, -0.1) is 19.0 Å². The number of benzene rings is 1. The van der Waals surface area contributed by atoms with Gasteiger partial charge in [0.1, 0.15) is 5.75 Å². The summed E-state index contributed by atoms with van der Waals surface area (Å²) in [5.41, 5.74) is 2.52. The molecule has 3 rings (SSSR count). The quantitative estimate of drug-likeness (QED) is 0.179. The zero-order valence-electron chi connectivity index (χ0n) is 21.8. The number of piperidine rings is 1. The molecule has 214 valence electrons. The lowest BCUT2D eigenvalue weighted by Gasteiger charge is -2.43. The molecule has 1 aromatic carbocycles. The third kappa shape index (κ3) is 7.10. The zero-order chi connectivity index (χ0) is 26.9. The van der Waals surface area contributed by atoms with Gasteiger partial charge >= 0.3 is 6.09 Å². The van der Waals surface area contributed by atoms with Gasteiger partial charge in [0.2, 0.25) is 10.0 Å². The average Bonchev–Trinajstić information content (AvgIpc) is 2.93. The van der Waals surface area contributed by atoms with Gasteiger partial charge in [-0.25, -0.2) is 18.7 Å². The number of carbonyl (C=O) groups excluding carboxylic acids is 2. The molecule has 0 radical (unpaired) electrons. The molecule has 2 heterocycles. The molecule has 2 amide bonds. The minimum Gasteiger partial charge on any atom is -0.494 e. The second-order valence-corrected chi connectivity index (χ2v) is 11.4. The number of halogens is 1. The summed E-state index contributed by atoms with van der Waals surface area (Å²) in [5.74, 6) is -0.181. The maximum absolute atomic E-state index is 13.7. The Labute approximate surface area is 231 Å². The van der Waals surface area contributed by atoms with Crippen molar-refractivity contribution >= 4 is 40.1 Å². The molecule has 0 spiro atoms. The van der Waals surface area contributed by atoms with Gasteiger partial charge in [0, 0.05) is 45.0 Å². The number of hydrogen-bond acceptors (Lipinski definition) is 8. The molecular formula is C25H39ClN4O7S. The fraction of sp³-hybridized carbons (Fsp3) is 0.600. The number of rotatable bonds is 11. The molecule has 0 bridgehead atoms. The van der Waals surface area contributed by atoms with Crippen molar-refractivity contribution in [2.24, 2.45) is 0 Å². The summed E-state index contributed by atoms with van der Waals surface area (Å²) < 4.78 is 37.8. The highest BCUT2D eigenvalue weighted by molar-refractivity contribution is 7.91. The van der Waals surface area contributed by atoms with Crippen LogP contribution >= 0.6 is 12.4 Å². The lowest BCUT2D eigenvalue weighted by Crippen LogP contribution is -2.64. The van der Waals surface area contributed by atoms with Crippen LogP contribution in [0.3, 0.4) is 0 Å². The van der Waals surface area contributed by atoms with E-state index in [-0.39, 0.29) is 58.0 Å². The Kier molecular flexibility index (Phi) is 12.1. The van der Waals surface area contributed by atoms with E-state index in [1.165, 1.54) is 9.21 Å². The number of carbonyl (C=O) groups is 2. The molecule has 1 aromatic rings. The summed E-state index contributed by atoms with van der Waals surface area (Å²) in [4.78, 5) is 28.5. The van der Waals surface area contributed by atoms with Gasteiger partial charge < -0.3 is 19.3 Å². The normalized spacial score (nSPS) is 17.7. The molecule has 0 saturated carbocycles. The first-order valence-corrected chi connectivity index (χ1v) is 14.2. The highest BCUT2D eigenvalue weighted by Crippen LogP contribution is 2.35. The number of anilines is 1. The first-order valence-electron chi connectivity index (χ1n) is 12.7. The van der Waals surface area contributed by atoms with Crippen molar-refractivity contribution in [3.63, 3.8) is 0 Å². The molecule has 0 atom stereocenters. The summed E-state index contributed by atoms with van der Waals surface area (Å²) in [7, 11) is -4.13. The lowest BCUT2D eigenvalue weighted by molar-refractivity contribution is -0.133. The maximum atomic E-state index is 13.7. The molecule has 2 N–H and O–H groups in total. The maximum Gasteiger partial charge on any atom is 0.409 e. The average molecular weight is 575 g/mol. The molecule has 11 nitrogen and oxygen atoms in total. The summed E-state index contributed by atoms with van der Waals surface area (Å²) in [6, 6.07) is 7.72. The van der Waals surface area contributed by atoms with Crippen molar-refractivity contribution in [1.82, 2.24) is 14.7 Å². The van der Waals surface area contributed by atoms with Gasteiger partial charge in [-0.1, -0.05) is 19.4 Å². The first kappa shape index (κ1) is 31.7. The predicted molar refractivity (Wildman–Crippen MR) is 146 cm³/mol. The first-order chi connectivity index (χ1) is 17.8. The second-order valence-electron chi connectivity index (χ2n) is 9.20. The number of piperazine rings is 1. The zero-order valence-corrected chi connectivity index (χ0v) is 23.5. The highest BCUT2D eigenvalue weighted by atomic mass is 35.5. The number of hydrogen-bond donors (Lipinski definition) is 2. The molecule has 2 aliphatic rings. The molecule has 0 aromatic heterocycles. The number of hydroxylamine groups is 1. The summed E-state index contributed by atoms with van der Waals surface area (Å²) in [5, 5.41) is 9.40. The molecule has 13 heteroatoms. The third-order valence-electron chi connectivity index (χ3n) is 6.93. The Morgan fingerprint density at radius 3 is 2.26 bits per heavy atom. The SMILES string of the molecule is C=CCCOC(=O)N1CCC(C(=O)NO)(S(=O)(=O)N2CCN(c3ccc(OCCCC)cc3)CC2)CC1.Cl. The van der Waals surface area contributed by atoms with E-state index in [0.29, 0.717) is 26.1 Å². The van der Waals surface area contributed by atoms with Crippen LogP contribution in [0.1, 0.15) is 39.0 Å². The van der Waals surface area contributed by atoms with Crippen molar-refractivity contribution in [3.8, 4) is 5.75 Å². The van der Waals surface area contributed by atoms with Crippen molar-refractivity contribution in [2.75, 3.05) is 57.4 Å². The van der Waals surface area contributed by atoms with Crippen LogP contribution in [-0.4, -0.2) is 92.1 Å². The molecule has 2 saturated heterocycles. The number of unbranched alkanes of at least 4 members (excludes halogenated alkanes) is 1. The molecule has 38 heavy (non-hydrogen) atoms. The van der Waals surface area contributed by atoms with E-state index >= 15 is 0 Å². The van der Waals surface area contributed by atoms with Gasteiger partial charge in [-0.3, -0.25) is 10.0 Å². The number of likely N-dealkylation sites (tertiary alicyclic amines) is 1. The smallest absolute Gasteiger partial charge is 0.409 e. The Hall–Kier alpha value is -2.54. The lowest BCUT2D eigenvalue weighted by atomic mass is 9.95. The molecule has 2 aliphatic heterocycles. The highest BCUT2D eigenvalue weighted by Gasteiger charge is 2.55. The number of nitrogens with one attached hydrogen (secondary N) is 1. The van der Waals surface area contributed by atoms with Crippen LogP contribution in [0.5, 0.6) is 5.75 Å². The summed E-state index contributed by atoms with van der Waals surface area (Å²) >= 11 is 0. The van der Waals surface area contributed by atoms with Crippen LogP contribution in [0.4, 0.5) is 10.5 Å². The van der Waals surface area contributed by atoms with Crippen LogP contribution in [0.15, 0.2) is 36.9 Å². The Balaban J connectivity index is 0.00000507. The Bertz CT molecular complexity index is 1020. The van der Waals surface area contributed by atoms with Gasteiger partial charge in [0.05, 0.1) is 13.2 Å². The number of amides is 2. The minimum absolute atomic E-state index is 0.